The highest BCUT2D eigenvalue weighted by Gasteiger charge is 2.30. The molecule has 1 fully saturated rings. The number of carbonyl (C=O) groups is 1. The Morgan fingerprint density at radius 3 is 2.77 bits per heavy atom. The molecule has 0 aliphatic heterocycles. The van der Waals surface area contributed by atoms with Crippen molar-refractivity contribution in [3.8, 4) is 5.88 Å². The molecule has 1 amide bonds. The summed E-state index contributed by atoms with van der Waals surface area (Å²) < 4.78 is 42.1. The van der Waals surface area contributed by atoms with E-state index in [4.69, 9.17) is 4.74 Å². The first-order chi connectivity index (χ1) is 14.2. The van der Waals surface area contributed by atoms with Crippen LogP contribution in [0.15, 0.2) is 18.3 Å². The van der Waals surface area contributed by atoms with Crippen LogP contribution in [0.4, 0.5) is 13.2 Å². The van der Waals surface area contributed by atoms with Crippen molar-refractivity contribution in [2.75, 3.05) is 6.61 Å². The standard InChI is InChI=1S/C20H19F3N4O2S/c1-10-14-11(2)26-16(12-5-6-12)27-19(14)30-15(10)17(28)25-8-13-4-3-7-24-18(13)29-9-20(21,22)23/h3-4,7,12H,5-6,8-9H2,1-2H3,(H,25,28). The van der Waals surface area contributed by atoms with E-state index in [0.717, 1.165) is 40.1 Å². The Morgan fingerprint density at radius 1 is 1.30 bits per heavy atom. The molecule has 0 spiro atoms. The summed E-state index contributed by atoms with van der Waals surface area (Å²) in [6.07, 6.45) is -0.949. The Bertz CT molecular complexity index is 1110. The number of rotatable bonds is 6. The molecule has 0 atom stereocenters. The van der Waals surface area contributed by atoms with Gasteiger partial charge in [-0.1, -0.05) is 6.07 Å². The van der Waals surface area contributed by atoms with E-state index in [9.17, 15) is 18.0 Å². The molecule has 10 heteroatoms. The lowest BCUT2D eigenvalue weighted by molar-refractivity contribution is -0.154. The number of nitrogens with one attached hydrogen (secondary N) is 1. The molecular formula is C20H19F3N4O2S. The SMILES string of the molecule is Cc1nc(C2CC2)nc2sc(C(=O)NCc3cccnc3OCC(F)(F)F)c(C)c12. The first-order valence-corrected chi connectivity index (χ1v) is 10.2. The molecule has 0 saturated heterocycles. The Kier molecular flexibility index (Phi) is 5.35. The molecule has 3 heterocycles. The lowest BCUT2D eigenvalue weighted by Crippen LogP contribution is -2.24. The second kappa shape index (κ2) is 7.82. The van der Waals surface area contributed by atoms with Gasteiger partial charge < -0.3 is 10.1 Å². The number of hydrogen-bond donors (Lipinski definition) is 1. The molecule has 0 unspecified atom stereocenters. The number of alkyl halides is 3. The van der Waals surface area contributed by atoms with Crippen molar-refractivity contribution in [1.82, 2.24) is 20.3 Å². The number of ether oxygens (including phenoxy) is 1. The molecule has 1 aliphatic rings. The van der Waals surface area contributed by atoms with Gasteiger partial charge in [0.25, 0.3) is 5.91 Å². The number of aryl methyl sites for hydroxylation is 2. The molecule has 4 rings (SSSR count). The second-order valence-corrected chi connectivity index (χ2v) is 8.23. The van der Waals surface area contributed by atoms with E-state index in [2.05, 4.69) is 20.3 Å². The minimum Gasteiger partial charge on any atom is -0.468 e. The minimum atomic E-state index is -4.47. The van der Waals surface area contributed by atoms with E-state index in [0.29, 0.717) is 16.4 Å². The predicted molar refractivity (Wildman–Crippen MR) is 106 cm³/mol. The first kappa shape index (κ1) is 20.5. The molecule has 6 nitrogen and oxygen atoms in total. The van der Waals surface area contributed by atoms with Gasteiger partial charge in [-0.15, -0.1) is 11.3 Å². The maximum atomic E-state index is 12.8. The van der Waals surface area contributed by atoms with Crippen molar-refractivity contribution < 1.29 is 22.7 Å². The zero-order chi connectivity index (χ0) is 21.5. The average Bonchev–Trinajstić information content (AvgIpc) is 3.48. The number of nitrogens with zero attached hydrogens (tertiary/aromatic N) is 3. The summed E-state index contributed by atoms with van der Waals surface area (Å²) in [4.78, 5) is 27.1. The highest BCUT2D eigenvalue weighted by atomic mass is 32.1. The third kappa shape index (κ3) is 4.38. The Labute approximate surface area is 174 Å². The van der Waals surface area contributed by atoms with Crippen LogP contribution in [-0.4, -0.2) is 33.6 Å². The molecule has 158 valence electrons. The largest absolute Gasteiger partial charge is 0.468 e. The quantitative estimate of drug-likeness (QED) is 0.618. The van der Waals surface area contributed by atoms with E-state index in [1.54, 1.807) is 12.1 Å². The number of fused-ring (bicyclic) bond motifs is 1. The lowest BCUT2D eigenvalue weighted by atomic mass is 10.1. The summed E-state index contributed by atoms with van der Waals surface area (Å²) in [5, 5.41) is 3.63. The second-order valence-electron chi connectivity index (χ2n) is 7.23. The van der Waals surface area contributed by atoms with Crippen LogP contribution in [-0.2, 0) is 6.54 Å². The van der Waals surface area contributed by atoms with Crippen LogP contribution in [0.25, 0.3) is 10.2 Å². The van der Waals surface area contributed by atoms with Gasteiger partial charge in [0, 0.05) is 29.6 Å². The molecular weight excluding hydrogens is 417 g/mol. The molecule has 0 radical (unpaired) electrons. The fourth-order valence-corrected chi connectivity index (χ4v) is 4.35. The van der Waals surface area contributed by atoms with Crippen molar-refractivity contribution in [3.05, 3.63) is 45.9 Å². The van der Waals surface area contributed by atoms with Gasteiger partial charge in [0.2, 0.25) is 5.88 Å². The van der Waals surface area contributed by atoms with Crippen molar-refractivity contribution in [3.63, 3.8) is 0 Å². The summed E-state index contributed by atoms with van der Waals surface area (Å²) in [7, 11) is 0. The zero-order valence-corrected chi connectivity index (χ0v) is 17.2. The summed E-state index contributed by atoms with van der Waals surface area (Å²) in [6.45, 7) is 2.31. The smallest absolute Gasteiger partial charge is 0.422 e. The fraction of sp³-hybridized carbons (Fsp3) is 0.400. The van der Waals surface area contributed by atoms with Crippen molar-refractivity contribution in [2.45, 2.75) is 45.3 Å². The topological polar surface area (TPSA) is 77.0 Å². The molecule has 0 aromatic carbocycles. The molecule has 3 aromatic heterocycles. The van der Waals surface area contributed by atoms with Crippen LogP contribution in [0, 0.1) is 13.8 Å². The van der Waals surface area contributed by atoms with Gasteiger partial charge in [0.05, 0.1) is 10.6 Å². The molecule has 30 heavy (non-hydrogen) atoms. The number of carbonyl (C=O) groups excluding carboxylic acids is 1. The van der Waals surface area contributed by atoms with Crippen LogP contribution < -0.4 is 10.1 Å². The van der Waals surface area contributed by atoms with Crippen molar-refractivity contribution in [1.29, 1.82) is 0 Å². The maximum Gasteiger partial charge on any atom is 0.422 e. The zero-order valence-electron chi connectivity index (χ0n) is 16.3. The van der Waals surface area contributed by atoms with E-state index in [-0.39, 0.29) is 18.3 Å². The van der Waals surface area contributed by atoms with Crippen LogP contribution in [0.3, 0.4) is 0 Å². The normalized spacial score (nSPS) is 14.2. The fourth-order valence-electron chi connectivity index (χ4n) is 3.20. The van der Waals surface area contributed by atoms with Gasteiger partial charge >= 0.3 is 6.18 Å². The van der Waals surface area contributed by atoms with E-state index >= 15 is 0 Å². The van der Waals surface area contributed by atoms with Crippen LogP contribution in [0.5, 0.6) is 5.88 Å². The third-order valence-corrected chi connectivity index (χ3v) is 5.98. The van der Waals surface area contributed by atoms with Crippen molar-refractivity contribution >= 4 is 27.5 Å². The molecule has 1 saturated carbocycles. The van der Waals surface area contributed by atoms with Gasteiger partial charge in [-0.2, -0.15) is 13.2 Å². The number of amides is 1. The third-order valence-electron chi connectivity index (χ3n) is 4.80. The summed E-state index contributed by atoms with van der Waals surface area (Å²) in [5.41, 5.74) is 2.01. The number of thiophene rings is 1. The van der Waals surface area contributed by atoms with E-state index in [1.165, 1.54) is 17.5 Å². The average molecular weight is 436 g/mol. The summed E-state index contributed by atoms with van der Waals surface area (Å²) in [5.74, 6) is 0.760. The van der Waals surface area contributed by atoms with Gasteiger partial charge in [0.15, 0.2) is 6.61 Å². The highest BCUT2D eigenvalue weighted by molar-refractivity contribution is 7.20. The van der Waals surface area contributed by atoms with Gasteiger partial charge in [0.1, 0.15) is 10.7 Å². The van der Waals surface area contributed by atoms with Crippen molar-refractivity contribution in [2.24, 2.45) is 0 Å². The van der Waals surface area contributed by atoms with Crippen LogP contribution in [0.1, 0.15) is 51.1 Å². The molecule has 1 N–H and O–H groups in total. The Morgan fingerprint density at radius 2 is 2.07 bits per heavy atom. The number of pyridine rings is 1. The predicted octanol–water partition coefficient (Wildman–Crippen LogP) is 4.45. The molecule has 0 bridgehead atoms. The first-order valence-electron chi connectivity index (χ1n) is 9.42. The lowest BCUT2D eigenvalue weighted by Gasteiger charge is -2.12. The molecule has 1 aliphatic carbocycles. The van der Waals surface area contributed by atoms with Crippen LogP contribution in [0.2, 0.25) is 0 Å². The monoisotopic (exact) mass is 436 g/mol. The Balaban J connectivity index is 1.52. The summed E-state index contributed by atoms with van der Waals surface area (Å²) >= 11 is 1.30. The van der Waals surface area contributed by atoms with Gasteiger partial charge in [-0.05, 0) is 38.3 Å². The van der Waals surface area contributed by atoms with Gasteiger partial charge in [-0.3, -0.25) is 4.79 Å². The number of aromatic nitrogens is 3. The maximum absolute atomic E-state index is 12.8. The number of hydrogen-bond acceptors (Lipinski definition) is 6. The van der Waals surface area contributed by atoms with E-state index in [1.807, 2.05) is 13.8 Å². The minimum absolute atomic E-state index is 0.00840. The summed E-state index contributed by atoms with van der Waals surface area (Å²) in [6, 6.07) is 3.14. The van der Waals surface area contributed by atoms with Gasteiger partial charge in [-0.25, -0.2) is 15.0 Å². The highest BCUT2D eigenvalue weighted by Crippen LogP contribution is 2.40. The Hall–Kier alpha value is -2.75. The molecule has 3 aromatic rings. The number of halogens is 3. The van der Waals surface area contributed by atoms with Crippen LogP contribution >= 0.6 is 11.3 Å². The van der Waals surface area contributed by atoms with E-state index < -0.39 is 12.8 Å².